The molecule has 2 amide bonds. The molecule has 0 radical (unpaired) electrons. The molecular formula is C28H29N3O4. The summed E-state index contributed by atoms with van der Waals surface area (Å²) in [6.07, 6.45) is 4.41. The molecule has 1 N–H and O–H groups in total. The fourth-order valence-electron chi connectivity index (χ4n) is 3.91. The van der Waals surface area contributed by atoms with E-state index in [-0.39, 0.29) is 5.41 Å². The Bertz CT molecular complexity index is 1220. The van der Waals surface area contributed by atoms with Crippen LogP contribution in [0.5, 0.6) is 11.5 Å². The van der Waals surface area contributed by atoms with Crippen LogP contribution in [0.4, 0.5) is 11.4 Å². The van der Waals surface area contributed by atoms with Crippen LogP contribution < -0.4 is 19.7 Å². The maximum absolute atomic E-state index is 13.7. The topological polar surface area (TPSA) is 80.8 Å². The highest BCUT2D eigenvalue weighted by Gasteiger charge is 2.32. The summed E-state index contributed by atoms with van der Waals surface area (Å²) in [6.45, 7) is 10.9. The van der Waals surface area contributed by atoms with Crippen LogP contribution in [0.15, 0.2) is 79.6 Å². The number of nitrogens with zero attached hydrogens (tertiary/aromatic N) is 2. The van der Waals surface area contributed by atoms with Crippen molar-refractivity contribution in [2.24, 2.45) is 0 Å². The number of pyridine rings is 1. The Labute approximate surface area is 205 Å². The minimum Gasteiger partial charge on any atom is -0.486 e. The predicted molar refractivity (Wildman–Crippen MR) is 136 cm³/mol. The maximum atomic E-state index is 13.7. The Morgan fingerprint density at radius 1 is 1.06 bits per heavy atom. The molecule has 0 spiro atoms. The molecule has 0 aliphatic carbocycles. The van der Waals surface area contributed by atoms with Crippen LogP contribution in [0.25, 0.3) is 0 Å². The molecular weight excluding hydrogens is 442 g/mol. The number of carbonyl (C=O) groups is 2. The summed E-state index contributed by atoms with van der Waals surface area (Å²) in [5, 5.41) is 2.93. The number of rotatable bonds is 6. The zero-order chi connectivity index (χ0) is 25.0. The number of fused-ring (bicyclic) bond motifs is 1. The van der Waals surface area contributed by atoms with Crippen molar-refractivity contribution in [3.8, 4) is 11.5 Å². The molecule has 180 valence electrons. The van der Waals surface area contributed by atoms with Crippen molar-refractivity contribution >= 4 is 23.2 Å². The molecule has 1 aromatic heterocycles. The average Bonchev–Trinajstić information content (AvgIpc) is 2.86. The quantitative estimate of drug-likeness (QED) is 0.509. The minimum absolute atomic E-state index is 0.0514. The Balaban J connectivity index is 1.73. The summed E-state index contributed by atoms with van der Waals surface area (Å²) in [5.41, 5.74) is 2.74. The lowest BCUT2D eigenvalue weighted by Crippen LogP contribution is -2.41. The second kappa shape index (κ2) is 10.0. The molecule has 0 saturated carbocycles. The van der Waals surface area contributed by atoms with Gasteiger partial charge in [-0.25, -0.2) is 0 Å². The average molecular weight is 472 g/mol. The van der Waals surface area contributed by atoms with Gasteiger partial charge in [-0.2, -0.15) is 0 Å². The van der Waals surface area contributed by atoms with Crippen molar-refractivity contribution < 1.29 is 19.1 Å². The molecule has 0 bridgehead atoms. The summed E-state index contributed by atoms with van der Waals surface area (Å²) in [5.74, 6) is 0.383. The van der Waals surface area contributed by atoms with E-state index in [9.17, 15) is 9.59 Å². The normalized spacial score (nSPS) is 13.5. The van der Waals surface area contributed by atoms with Crippen molar-refractivity contribution in [1.82, 2.24) is 4.98 Å². The third-order valence-electron chi connectivity index (χ3n) is 5.74. The lowest BCUT2D eigenvalue weighted by molar-refractivity contribution is -0.121. The van der Waals surface area contributed by atoms with E-state index in [1.807, 2.05) is 24.3 Å². The Morgan fingerprint density at radius 2 is 1.77 bits per heavy atom. The van der Waals surface area contributed by atoms with Crippen LogP contribution in [0.1, 0.15) is 37.9 Å². The number of carbonyl (C=O) groups excluding carboxylic acids is 2. The zero-order valence-corrected chi connectivity index (χ0v) is 20.2. The first-order valence-corrected chi connectivity index (χ1v) is 11.4. The summed E-state index contributed by atoms with van der Waals surface area (Å²) >= 11 is 0. The van der Waals surface area contributed by atoms with Gasteiger partial charge in [0, 0.05) is 35.4 Å². The number of hydrogen-bond acceptors (Lipinski definition) is 5. The molecule has 1 atom stereocenters. The van der Waals surface area contributed by atoms with E-state index in [0.29, 0.717) is 41.7 Å². The fraction of sp³-hybridized carbons (Fsp3) is 0.250. The first-order valence-electron chi connectivity index (χ1n) is 11.4. The number of benzene rings is 2. The third kappa shape index (κ3) is 5.35. The van der Waals surface area contributed by atoms with Gasteiger partial charge < -0.3 is 14.8 Å². The monoisotopic (exact) mass is 471 g/mol. The van der Waals surface area contributed by atoms with Gasteiger partial charge in [-0.1, -0.05) is 45.5 Å². The van der Waals surface area contributed by atoms with E-state index in [0.717, 1.165) is 5.56 Å². The predicted octanol–water partition coefficient (Wildman–Crippen LogP) is 5.05. The zero-order valence-electron chi connectivity index (χ0n) is 20.2. The van der Waals surface area contributed by atoms with Gasteiger partial charge in [-0.15, -0.1) is 0 Å². The van der Waals surface area contributed by atoms with Gasteiger partial charge in [-0.05, 0) is 47.4 Å². The number of aromatic nitrogens is 1. The lowest BCUT2D eigenvalue weighted by atomic mass is 9.87. The van der Waals surface area contributed by atoms with Crippen LogP contribution in [0.3, 0.4) is 0 Å². The summed E-state index contributed by atoms with van der Waals surface area (Å²) in [4.78, 5) is 32.4. The molecule has 0 fully saturated rings. The highest BCUT2D eigenvalue weighted by atomic mass is 16.6. The van der Waals surface area contributed by atoms with Gasteiger partial charge in [0.2, 0.25) is 0 Å². The van der Waals surface area contributed by atoms with Crippen LogP contribution in [-0.4, -0.2) is 30.0 Å². The first-order chi connectivity index (χ1) is 16.8. The van der Waals surface area contributed by atoms with E-state index in [4.69, 9.17) is 9.47 Å². The number of ether oxygens (including phenoxy) is 2. The largest absolute Gasteiger partial charge is 0.486 e. The highest BCUT2D eigenvalue weighted by Crippen LogP contribution is 2.34. The van der Waals surface area contributed by atoms with Gasteiger partial charge in [0.1, 0.15) is 19.3 Å². The van der Waals surface area contributed by atoms with Crippen molar-refractivity contribution in [3.05, 3.63) is 90.8 Å². The van der Waals surface area contributed by atoms with Gasteiger partial charge >= 0.3 is 0 Å². The van der Waals surface area contributed by atoms with E-state index in [1.165, 1.54) is 11.0 Å². The second-order valence-corrected chi connectivity index (χ2v) is 9.25. The van der Waals surface area contributed by atoms with Crippen molar-refractivity contribution in [3.63, 3.8) is 0 Å². The van der Waals surface area contributed by atoms with Crippen LogP contribution in [0.2, 0.25) is 0 Å². The van der Waals surface area contributed by atoms with Crippen LogP contribution >= 0.6 is 0 Å². The Kier molecular flexibility index (Phi) is 6.87. The third-order valence-corrected chi connectivity index (χ3v) is 5.74. The molecule has 35 heavy (non-hydrogen) atoms. The standard InChI is InChI=1S/C28H29N3O4/c1-5-25(32)31(22-11-8-20(9-12-22)28(2,3)4)26(19-7-6-14-29-18-19)27(33)30-21-10-13-23-24(17-21)35-16-15-34-23/h5-14,17-18,26H,1,15-16H2,2-4H3,(H,30,33). The molecule has 0 saturated heterocycles. The molecule has 2 heterocycles. The SMILES string of the molecule is C=CC(=O)N(c1ccc(C(C)(C)C)cc1)C(C(=O)Nc1ccc2c(c1)OCCO2)c1cccnc1. The molecule has 1 unspecified atom stereocenters. The summed E-state index contributed by atoms with van der Waals surface area (Å²) in [7, 11) is 0. The molecule has 1 aliphatic rings. The van der Waals surface area contributed by atoms with Crippen molar-refractivity contribution in [2.75, 3.05) is 23.4 Å². The minimum atomic E-state index is -0.983. The maximum Gasteiger partial charge on any atom is 0.252 e. The Hall–Kier alpha value is -4.13. The van der Waals surface area contributed by atoms with E-state index in [2.05, 4.69) is 37.7 Å². The fourth-order valence-corrected chi connectivity index (χ4v) is 3.91. The van der Waals surface area contributed by atoms with Gasteiger partial charge in [0.15, 0.2) is 11.5 Å². The lowest BCUT2D eigenvalue weighted by Gasteiger charge is -2.31. The number of hydrogen-bond donors (Lipinski definition) is 1. The second-order valence-electron chi connectivity index (χ2n) is 9.25. The molecule has 7 heteroatoms. The van der Waals surface area contributed by atoms with Gasteiger partial charge in [0.05, 0.1) is 0 Å². The van der Waals surface area contributed by atoms with E-state index in [1.54, 1.807) is 42.7 Å². The summed E-state index contributed by atoms with van der Waals surface area (Å²) in [6, 6.07) is 15.4. The molecule has 2 aromatic carbocycles. The highest BCUT2D eigenvalue weighted by molar-refractivity contribution is 6.09. The smallest absolute Gasteiger partial charge is 0.252 e. The van der Waals surface area contributed by atoms with Crippen LogP contribution in [-0.2, 0) is 15.0 Å². The molecule has 7 nitrogen and oxygen atoms in total. The number of anilines is 2. The molecule has 4 rings (SSSR count). The molecule has 3 aromatic rings. The number of nitrogens with one attached hydrogen (secondary N) is 1. The van der Waals surface area contributed by atoms with E-state index < -0.39 is 17.9 Å². The number of amides is 2. The Morgan fingerprint density at radius 3 is 2.40 bits per heavy atom. The summed E-state index contributed by atoms with van der Waals surface area (Å²) < 4.78 is 11.2. The van der Waals surface area contributed by atoms with Gasteiger partial charge in [-0.3, -0.25) is 19.5 Å². The van der Waals surface area contributed by atoms with Crippen molar-refractivity contribution in [1.29, 1.82) is 0 Å². The molecule has 1 aliphatic heterocycles. The first kappa shape index (κ1) is 24.0. The van der Waals surface area contributed by atoms with Crippen LogP contribution in [0, 0.1) is 0 Å². The van der Waals surface area contributed by atoms with E-state index >= 15 is 0 Å². The van der Waals surface area contributed by atoms with Gasteiger partial charge in [0.25, 0.3) is 11.8 Å². The van der Waals surface area contributed by atoms with Crippen molar-refractivity contribution in [2.45, 2.75) is 32.2 Å².